The largest absolute Gasteiger partial charge is 0.378 e. The summed E-state index contributed by atoms with van der Waals surface area (Å²) in [6, 6.07) is 0. The minimum atomic E-state index is -0.0183. The van der Waals surface area contributed by atoms with E-state index in [2.05, 4.69) is 34.8 Å². The predicted molar refractivity (Wildman–Crippen MR) is 103 cm³/mol. The maximum absolute atomic E-state index is 10.8. The lowest BCUT2D eigenvalue weighted by Gasteiger charge is -2.20. The van der Waals surface area contributed by atoms with Crippen molar-refractivity contribution in [3.05, 3.63) is 0 Å². The summed E-state index contributed by atoms with van der Waals surface area (Å²) in [5, 5.41) is 9.13. The molecule has 0 fully saturated rings. The van der Waals surface area contributed by atoms with E-state index >= 15 is 0 Å². The SMILES string of the molecule is CCNC(=NCCC(OCC)C(C)C)NCCNC(C)=O.I. The van der Waals surface area contributed by atoms with Crippen molar-refractivity contribution >= 4 is 35.8 Å². The van der Waals surface area contributed by atoms with E-state index in [0.717, 1.165) is 32.1 Å². The summed E-state index contributed by atoms with van der Waals surface area (Å²) in [4.78, 5) is 15.3. The zero-order valence-corrected chi connectivity index (χ0v) is 16.9. The van der Waals surface area contributed by atoms with Crippen molar-refractivity contribution in [3.63, 3.8) is 0 Å². The van der Waals surface area contributed by atoms with Crippen LogP contribution in [0.25, 0.3) is 0 Å². The lowest BCUT2D eigenvalue weighted by Crippen LogP contribution is -2.41. The number of nitrogens with zero attached hydrogens (tertiary/aromatic N) is 1. The molecule has 132 valence electrons. The third-order valence-corrected chi connectivity index (χ3v) is 2.94. The summed E-state index contributed by atoms with van der Waals surface area (Å²) in [6.45, 7) is 13.4. The Labute approximate surface area is 152 Å². The van der Waals surface area contributed by atoms with E-state index in [9.17, 15) is 4.79 Å². The molecule has 0 rings (SSSR count). The Morgan fingerprint density at radius 3 is 2.27 bits per heavy atom. The Kier molecular flexibility index (Phi) is 16.5. The molecule has 1 unspecified atom stereocenters. The van der Waals surface area contributed by atoms with Crippen LogP contribution in [0.3, 0.4) is 0 Å². The van der Waals surface area contributed by atoms with Crippen LogP contribution in [0.2, 0.25) is 0 Å². The molecule has 0 aliphatic rings. The number of aliphatic imine (C=N–C) groups is 1. The van der Waals surface area contributed by atoms with Crippen LogP contribution < -0.4 is 16.0 Å². The highest BCUT2D eigenvalue weighted by Crippen LogP contribution is 2.10. The number of rotatable bonds is 10. The average Bonchev–Trinajstić information content (AvgIpc) is 2.42. The van der Waals surface area contributed by atoms with E-state index in [1.807, 2.05) is 13.8 Å². The summed E-state index contributed by atoms with van der Waals surface area (Å²) in [6.07, 6.45) is 1.16. The zero-order chi connectivity index (χ0) is 16.1. The molecule has 0 heterocycles. The van der Waals surface area contributed by atoms with Gasteiger partial charge in [0.2, 0.25) is 5.91 Å². The minimum Gasteiger partial charge on any atom is -0.378 e. The molecule has 0 radical (unpaired) electrons. The molecule has 22 heavy (non-hydrogen) atoms. The topological polar surface area (TPSA) is 74.8 Å². The Morgan fingerprint density at radius 1 is 1.14 bits per heavy atom. The molecule has 0 bridgehead atoms. The van der Waals surface area contributed by atoms with Crippen molar-refractivity contribution in [2.24, 2.45) is 10.9 Å². The number of hydrogen-bond acceptors (Lipinski definition) is 3. The molecule has 1 amide bonds. The van der Waals surface area contributed by atoms with Gasteiger partial charge in [-0.05, 0) is 26.2 Å². The normalized spacial score (nSPS) is 12.5. The highest BCUT2D eigenvalue weighted by Gasteiger charge is 2.12. The summed E-state index contributed by atoms with van der Waals surface area (Å²) in [5.74, 6) is 1.26. The van der Waals surface area contributed by atoms with Gasteiger partial charge < -0.3 is 20.7 Å². The second kappa shape index (κ2) is 15.3. The lowest BCUT2D eigenvalue weighted by atomic mass is 10.0. The Hall–Kier alpha value is -0.570. The quantitative estimate of drug-likeness (QED) is 0.215. The van der Waals surface area contributed by atoms with Crippen molar-refractivity contribution in [3.8, 4) is 0 Å². The molecule has 0 aliphatic heterocycles. The number of ether oxygens (including phenoxy) is 1. The molecule has 0 aromatic rings. The first kappa shape index (κ1) is 23.7. The van der Waals surface area contributed by atoms with E-state index in [1.54, 1.807) is 0 Å². The van der Waals surface area contributed by atoms with Crippen molar-refractivity contribution in [1.82, 2.24) is 16.0 Å². The van der Waals surface area contributed by atoms with Crippen LogP contribution in [0.1, 0.15) is 41.0 Å². The Balaban J connectivity index is 0. The van der Waals surface area contributed by atoms with Gasteiger partial charge in [0.1, 0.15) is 0 Å². The van der Waals surface area contributed by atoms with E-state index in [1.165, 1.54) is 6.92 Å². The van der Waals surface area contributed by atoms with Gasteiger partial charge in [0.15, 0.2) is 5.96 Å². The van der Waals surface area contributed by atoms with E-state index < -0.39 is 0 Å². The van der Waals surface area contributed by atoms with Crippen molar-refractivity contribution in [2.75, 3.05) is 32.8 Å². The van der Waals surface area contributed by atoms with Crippen molar-refractivity contribution in [2.45, 2.75) is 47.1 Å². The first-order valence-corrected chi connectivity index (χ1v) is 7.89. The Bertz CT molecular complexity index is 312. The lowest BCUT2D eigenvalue weighted by molar-refractivity contribution is -0.118. The molecule has 6 nitrogen and oxygen atoms in total. The van der Waals surface area contributed by atoms with Crippen LogP contribution >= 0.6 is 24.0 Å². The van der Waals surface area contributed by atoms with Gasteiger partial charge in [-0.15, -0.1) is 24.0 Å². The van der Waals surface area contributed by atoms with Gasteiger partial charge in [-0.2, -0.15) is 0 Å². The fraction of sp³-hybridized carbons (Fsp3) is 0.867. The number of amides is 1. The molecule has 0 aliphatic carbocycles. The predicted octanol–water partition coefficient (Wildman–Crippen LogP) is 1.75. The average molecular weight is 428 g/mol. The molecule has 0 aromatic carbocycles. The van der Waals surface area contributed by atoms with Gasteiger partial charge >= 0.3 is 0 Å². The standard InChI is InChI=1S/C15H32N4O2.HI/c1-6-16-15(19-11-10-17-13(5)20)18-9-8-14(12(3)4)21-7-2;/h12,14H,6-11H2,1-5H3,(H,17,20)(H2,16,18,19);1H. The van der Waals surface area contributed by atoms with Gasteiger partial charge in [-0.3, -0.25) is 9.79 Å². The number of halogens is 1. The molecule has 1 atom stereocenters. The fourth-order valence-corrected chi connectivity index (χ4v) is 1.89. The second-order valence-corrected chi connectivity index (χ2v) is 5.20. The van der Waals surface area contributed by atoms with E-state index in [-0.39, 0.29) is 36.0 Å². The summed E-state index contributed by atoms with van der Waals surface area (Å²) in [5.41, 5.74) is 0. The molecular weight excluding hydrogens is 395 g/mol. The maximum atomic E-state index is 10.8. The third kappa shape index (κ3) is 13.1. The van der Waals surface area contributed by atoms with Crippen LogP contribution in [0.4, 0.5) is 0 Å². The highest BCUT2D eigenvalue weighted by atomic mass is 127. The summed E-state index contributed by atoms with van der Waals surface area (Å²) < 4.78 is 5.71. The molecule has 0 aromatic heterocycles. The van der Waals surface area contributed by atoms with Crippen molar-refractivity contribution < 1.29 is 9.53 Å². The number of carbonyl (C=O) groups excluding carboxylic acids is 1. The van der Waals surface area contributed by atoms with Crippen LogP contribution in [0.15, 0.2) is 4.99 Å². The summed E-state index contributed by atoms with van der Waals surface area (Å²) >= 11 is 0. The molecule has 0 spiro atoms. The smallest absolute Gasteiger partial charge is 0.216 e. The number of guanidine groups is 1. The molecule has 0 saturated carbocycles. The van der Waals surface area contributed by atoms with E-state index in [0.29, 0.717) is 19.0 Å². The van der Waals surface area contributed by atoms with Crippen LogP contribution in [0, 0.1) is 5.92 Å². The van der Waals surface area contributed by atoms with Gasteiger partial charge in [0, 0.05) is 39.7 Å². The monoisotopic (exact) mass is 428 g/mol. The summed E-state index contributed by atoms with van der Waals surface area (Å²) in [7, 11) is 0. The Morgan fingerprint density at radius 2 is 1.77 bits per heavy atom. The maximum Gasteiger partial charge on any atom is 0.216 e. The number of carbonyl (C=O) groups is 1. The molecular formula is C15H33IN4O2. The molecule has 7 heteroatoms. The van der Waals surface area contributed by atoms with Crippen LogP contribution in [0.5, 0.6) is 0 Å². The molecule has 0 saturated heterocycles. The second-order valence-electron chi connectivity index (χ2n) is 5.20. The van der Waals surface area contributed by atoms with E-state index in [4.69, 9.17) is 4.74 Å². The fourth-order valence-electron chi connectivity index (χ4n) is 1.89. The van der Waals surface area contributed by atoms with Gasteiger partial charge in [0.05, 0.1) is 6.10 Å². The first-order valence-electron chi connectivity index (χ1n) is 7.89. The third-order valence-electron chi connectivity index (χ3n) is 2.94. The highest BCUT2D eigenvalue weighted by molar-refractivity contribution is 14.0. The minimum absolute atomic E-state index is 0. The van der Waals surface area contributed by atoms with Gasteiger partial charge in [-0.1, -0.05) is 13.8 Å². The zero-order valence-electron chi connectivity index (χ0n) is 14.6. The number of hydrogen-bond donors (Lipinski definition) is 3. The van der Waals surface area contributed by atoms with Crippen LogP contribution in [-0.4, -0.2) is 50.8 Å². The van der Waals surface area contributed by atoms with Gasteiger partial charge in [0.25, 0.3) is 0 Å². The number of nitrogens with one attached hydrogen (secondary N) is 3. The first-order chi connectivity index (χ1) is 10.0. The molecule has 3 N–H and O–H groups in total. The van der Waals surface area contributed by atoms with Crippen molar-refractivity contribution in [1.29, 1.82) is 0 Å². The van der Waals surface area contributed by atoms with Crippen LogP contribution in [-0.2, 0) is 9.53 Å². The van der Waals surface area contributed by atoms with Gasteiger partial charge in [-0.25, -0.2) is 0 Å².